The lowest BCUT2D eigenvalue weighted by Gasteiger charge is -2.29. The molecule has 1 N–H and O–H groups in total. The van der Waals surface area contributed by atoms with Gasteiger partial charge in [0.1, 0.15) is 0 Å². The number of rotatable bonds is 4. The number of hydrogen-bond donors (Lipinski definition) is 1. The van der Waals surface area contributed by atoms with Gasteiger partial charge in [-0.05, 0) is 37.0 Å². The molecule has 1 saturated carbocycles. The maximum absolute atomic E-state index is 11.9. The van der Waals surface area contributed by atoms with Crippen molar-refractivity contribution in [3.05, 3.63) is 33.8 Å². The van der Waals surface area contributed by atoms with Crippen LogP contribution in [0.1, 0.15) is 43.0 Å². The van der Waals surface area contributed by atoms with E-state index >= 15 is 0 Å². The number of esters is 1. The van der Waals surface area contributed by atoms with Gasteiger partial charge in [0.15, 0.2) is 6.61 Å². The van der Waals surface area contributed by atoms with Crippen LogP contribution in [0, 0.1) is 5.92 Å². The highest BCUT2D eigenvalue weighted by molar-refractivity contribution is 6.36. The second-order valence-electron chi connectivity index (χ2n) is 5.64. The van der Waals surface area contributed by atoms with E-state index in [1.165, 1.54) is 18.6 Å². The number of amides is 1. The van der Waals surface area contributed by atoms with Crippen molar-refractivity contribution in [1.82, 2.24) is 5.32 Å². The summed E-state index contributed by atoms with van der Waals surface area (Å²) in [6, 6.07) is 4.66. The summed E-state index contributed by atoms with van der Waals surface area (Å²) in [7, 11) is 0. The molecule has 1 aromatic rings. The number of benzene rings is 1. The summed E-state index contributed by atoms with van der Waals surface area (Å²) in [5, 5.41) is 3.57. The van der Waals surface area contributed by atoms with Gasteiger partial charge in [-0.1, -0.05) is 43.0 Å². The summed E-state index contributed by atoms with van der Waals surface area (Å²) in [6.07, 6.45) is 4.42. The van der Waals surface area contributed by atoms with Gasteiger partial charge >= 0.3 is 5.97 Å². The van der Waals surface area contributed by atoms with Gasteiger partial charge in [-0.25, -0.2) is 4.79 Å². The molecule has 0 spiro atoms. The molecule has 0 unspecified atom stereocenters. The molecule has 2 atom stereocenters. The molecule has 1 amide bonds. The van der Waals surface area contributed by atoms with E-state index in [2.05, 4.69) is 12.2 Å². The van der Waals surface area contributed by atoms with Crippen LogP contribution in [0.15, 0.2) is 18.2 Å². The zero-order valence-electron chi connectivity index (χ0n) is 12.4. The van der Waals surface area contributed by atoms with Crippen LogP contribution in [0.4, 0.5) is 0 Å². The summed E-state index contributed by atoms with van der Waals surface area (Å²) in [5.41, 5.74) is 0.199. The average Bonchev–Trinajstić information content (AvgIpc) is 2.47. The third-order valence-corrected chi connectivity index (χ3v) is 4.49. The topological polar surface area (TPSA) is 55.4 Å². The van der Waals surface area contributed by atoms with E-state index in [0.717, 1.165) is 19.3 Å². The first kappa shape index (κ1) is 17.1. The quantitative estimate of drug-likeness (QED) is 0.845. The molecule has 0 aromatic heterocycles. The van der Waals surface area contributed by atoms with Crippen LogP contribution in [0.5, 0.6) is 0 Å². The Morgan fingerprint density at radius 2 is 2.00 bits per heavy atom. The summed E-state index contributed by atoms with van der Waals surface area (Å²) in [6.45, 7) is 1.82. The van der Waals surface area contributed by atoms with Crippen molar-refractivity contribution in [2.24, 2.45) is 5.92 Å². The van der Waals surface area contributed by atoms with Gasteiger partial charge in [0.2, 0.25) is 0 Å². The predicted octanol–water partition coefficient (Wildman–Crippen LogP) is 3.85. The molecule has 0 heterocycles. The van der Waals surface area contributed by atoms with Crippen LogP contribution in [0.2, 0.25) is 10.0 Å². The zero-order valence-corrected chi connectivity index (χ0v) is 13.9. The van der Waals surface area contributed by atoms with Gasteiger partial charge in [-0.15, -0.1) is 0 Å². The van der Waals surface area contributed by atoms with Crippen molar-refractivity contribution in [2.75, 3.05) is 6.61 Å². The van der Waals surface area contributed by atoms with Crippen LogP contribution in [0.3, 0.4) is 0 Å². The van der Waals surface area contributed by atoms with Crippen LogP contribution in [-0.2, 0) is 9.53 Å². The Kier molecular flexibility index (Phi) is 6.09. The highest BCUT2D eigenvalue weighted by Gasteiger charge is 2.23. The van der Waals surface area contributed by atoms with E-state index in [9.17, 15) is 9.59 Å². The smallest absolute Gasteiger partial charge is 0.340 e. The number of carbonyl (C=O) groups is 2. The van der Waals surface area contributed by atoms with Crippen molar-refractivity contribution in [3.63, 3.8) is 0 Å². The Balaban J connectivity index is 1.84. The molecule has 6 heteroatoms. The molecule has 4 nitrogen and oxygen atoms in total. The molecule has 0 radical (unpaired) electrons. The van der Waals surface area contributed by atoms with E-state index in [-0.39, 0.29) is 29.1 Å². The fourth-order valence-corrected chi connectivity index (χ4v) is 3.13. The third-order valence-electron chi connectivity index (χ3n) is 3.94. The molecule has 0 bridgehead atoms. The highest BCUT2D eigenvalue weighted by atomic mass is 35.5. The van der Waals surface area contributed by atoms with Gasteiger partial charge in [-0.3, -0.25) is 4.79 Å². The van der Waals surface area contributed by atoms with Crippen LogP contribution < -0.4 is 5.32 Å². The zero-order chi connectivity index (χ0) is 16.1. The monoisotopic (exact) mass is 343 g/mol. The Labute approximate surface area is 140 Å². The van der Waals surface area contributed by atoms with Crippen LogP contribution in [-0.4, -0.2) is 24.5 Å². The normalized spacial score (nSPS) is 21.2. The van der Waals surface area contributed by atoms with E-state index in [1.807, 2.05) is 0 Å². The molecule has 2 rings (SSSR count). The van der Waals surface area contributed by atoms with Gasteiger partial charge < -0.3 is 10.1 Å². The van der Waals surface area contributed by atoms with Crippen molar-refractivity contribution >= 4 is 35.1 Å². The average molecular weight is 344 g/mol. The summed E-state index contributed by atoms with van der Waals surface area (Å²) in [5.74, 6) is -0.454. The first-order chi connectivity index (χ1) is 10.5. The number of nitrogens with one attached hydrogen (secondary N) is 1. The minimum Gasteiger partial charge on any atom is -0.452 e. The number of halogens is 2. The SMILES string of the molecule is C[C@H]1CCCC[C@H]1NC(=O)COC(=O)c1ccc(Cl)cc1Cl. The van der Waals surface area contributed by atoms with Crippen molar-refractivity contribution in [1.29, 1.82) is 0 Å². The molecule has 1 aromatic carbocycles. The van der Waals surface area contributed by atoms with E-state index in [0.29, 0.717) is 10.9 Å². The molecular weight excluding hydrogens is 325 g/mol. The lowest BCUT2D eigenvalue weighted by atomic mass is 9.86. The largest absolute Gasteiger partial charge is 0.452 e. The van der Waals surface area contributed by atoms with E-state index in [4.69, 9.17) is 27.9 Å². The van der Waals surface area contributed by atoms with Crippen molar-refractivity contribution in [3.8, 4) is 0 Å². The predicted molar refractivity (Wildman–Crippen MR) is 86.3 cm³/mol. The third kappa shape index (κ3) is 4.62. The molecule has 0 saturated heterocycles. The Bertz CT molecular complexity index is 562. The van der Waals surface area contributed by atoms with Gasteiger partial charge in [0.05, 0.1) is 10.6 Å². The fraction of sp³-hybridized carbons (Fsp3) is 0.500. The lowest BCUT2D eigenvalue weighted by molar-refractivity contribution is -0.125. The van der Waals surface area contributed by atoms with E-state index < -0.39 is 5.97 Å². The molecule has 1 aliphatic rings. The van der Waals surface area contributed by atoms with Crippen LogP contribution >= 0.6 is 23.2 Å². The Hall–Kier alpha value is -1.26. The number of ether oxygens (including phenoxy) is 1. The lowest BCUT2D eigenvalue weighted by Crippen LogP contribution is -2.42. The van der Waals surface area contributed by atoms with Crippen molar-refractivity contribution in [2.45, 2.75) is 38.6 Å². The molecule has 0 aliphatic heterocycles. The second-order valence-corrected chi connectivity index (χ2v) is 6.48. The first-order valence-electron chi connectivity index (χ1n) is 7.39. The van der Waals surface area contributed by atoms with Gasteiger partial charge in [0.25, 0.3) is 5.91 Å². The molecule has 1 aliphatic carbocycles. The first-order valence-corrected chi connectivity index (χ1v) is 8.14. The van der Waals surface area contributed by atoms with Gasteiger partial charge in [0, 0.05) is 11.1 Å². The highest BCUT2D eigenvalue weighted by Crippen LogP contribution is 2.24. The Morgan fingerprint density at radius 1 is 1.27 bits per heavy atom. The van der Waals surface area contributed by atoms with Crippen LogP contribution in [0.25, 0.3) is 0 Å². The summed E-state index contributed by atoms with van der Waals surface area (Å²) in [4.78, 5) is 23.8. The summed E-state index contributed by atoms with van der Waals surface area (Å²) >= 11 is 11.7. The standard InChI is InChI=1S/C16H19Cl2NO3/c1-10-4-2-3-5-14(10)19-15(20)9-22-16(21)12-7-6-11(17)8-13(12)18/h6-8,10,14H,2-5,9H2,1H3,(H,19,20)/t10-,14+/m0/s1. The molecule has 1 fully saturated rings. The number of hydrogen-bond acceptors (Lipinski definition) is 3. The minimum absolute atomic E-state index is 0.166. The van der Waals surface area contributed by atoms with E-state index in [1.54, 1.807) is 6.07 Å². The van der Waals surface area contributed by atoms with Crippen molar-refractivity contribution < 1.29 is 14.3 Å². The maximum atomic E-state index is 11.9. The minimum atomic E-state index is -0.631. The number of carbonyl (C=O) groups excluding carboxylic acids is 2. The maximum Gasteiger partial charge on any atom is 0.340 e. The molecule has 120 valence electrons. The molecular formula is C16H19Cl2NO3. The van der Waals surface area contributed by atoms with Gasteiger partial charge in [-0.2, -0.15) is 0 Å². The fourth-order valence-electron chi connectivity index (χ4n) is 2.64. The second kappa shape index (κ2) is 7.84. The summed E-state index contributed by atoms with van der Waals surface area (Å²) < 4.78 is 5.01. The Morgan fingerprint density at radius 3 is 2.68 bits per heavy atom. The molecule has 22 heavy (non-hydrogen) atoms.